The maximum absolute atomic E-state index is 3.39. The van der Waals surface area contributed by atoms with Gasteiger partial charge in [-0.15, -0.1) is 0 Å². The topological polar surface area (TPSA) is 12.0 Å². The van der Waals surface area contributed by atoms with Crippen LogP contribution in [0, 0.1) is 0 Å². The van der Waals surface area contributed by atoms with Crippen molar-refractivity contribution in [2.24, 2.45) is 0 Å². The molecule has 1 rings (SSSR count). The molecule has 1 aliphatic heterocycles. The first-order valence-corrected chi connectivity index (χ1v) is 4.91. The third kappa shape index (κ3) is 1.43. The predicted molar refractivity (Wildman–Crippen MR) is 22.1 cm³/mol. The van der Waals surface area contributed by atoms with Crippen molar-refractivity contribution in [2.45, 2.75) is 12.8 Å². The number of nitrogens with one attached hydrogen (secondary N) is 1. The van der Waals surface area contributed by atoms with E-state index in [4.69, 9.17) is 0 Å². The van der Waals surface area contributed by atoms with E-state index >= 15 is 0 Å². The molecule has 6 heavy (non-hydrogen) atoms. The Morgan fingerprint density at radius 2 is 2.33 bits per heavy atom. The van der Waals surface area contributed by atoms with Gasteiger partial charge in [-0.2, -0.15) is 0 Å². The van der Waals surface area contributed by atoms with E-state index in [2.05, 4.69) is 3.53 Å². The average Bonchev–Trinajstić information content (AvgIpc) is 1.72. The molecule has 1 N–H and O–H groups in total. The summed E-state index contributed by atoms with van der Waals surface area (Å²) in [5.74, 6) is 0. The van der Waals surface area contributed by atoms with Crippen molar-refractivity contribution in [2.75, 3.05) is 11.0 Å². The van der Waals surface area contributed by atoms with Crippen LogP contribution >= 0.6 is 0 Å². The number of rotatable bonds is 0. The molecule has 2 heteroatoms. The molecule has 0 unspecified atom stereocenters. The number of halogens is 1. The zero-order valence-corrected chi connectivity index (χ0v) is 5.86. The quantitative estimate of drug-likeness (QED) is 0.255. The summed E-state index contributed by atoms with van der Waals surface area (Å²) in [5.41, 5.74) is 0. The van der Waals surface area contributed by atoms with Crippen LogP contribution in [-0.2, 0) is 0 Å². The molecule has 38 valence electrons. The van der Waals surface area contributed by atoms with Crippen molar-refractivity contribution in [3.63, 3.8) is 0 Å². The summed E-state index contributed by atoms with van der Waals surface area (Å²) in [7, 11) is 0. The molecule has 0 amide bonds. The van der Waals surface area contributed by atoms with Crippen LogP contribution in [-0.4, -0.2) is 11.0 Å². The van der Waals surface area contributed by atoms with Crippen LogP contribution in [0.4, 0.5) is 0 Å². The maximum atomic E-state index is 3.39. The predicted octanol–water partition coefficient (Wildman–Crippen LogP) is -2.63. The molecule has 0 aromatic heterocycles. The van der Waals surface area contributed by atoms with Crippen LogP contribution in [0.3, 0.4) is 0 Å². The fourth-order valence-electron chi connectivity index (χ4n) is 0.487. The minimum atomic E-state index is 0.465. The van der Waals surface area contributed by atoms with Crippen molar-refractivity contribution in [3.8, 4) is 0 Å². The van der Waals surface area contributed by atoms with Crippen molar-refractivity contribution >= 4 is 0 Å². The Kier molecular flexibility index (Phi) is 2.26. The van der Waals surface area contributed by atoms with Gasteiger partial charge in [-0.1, -0.05) is 0 Å². The molecule has 0 atom stereocenters. The van der Waals surface area contributed by atoms with Crippen LogP contribution in [0.15, 0.2) is 0 Å². The summed E-state index contributed by atoms with van der Waals surface area (Å²) < 4.78 is 4.89. The Hall–Kier alpha value is 0.690. The normalized spacial score (nSPS) is 25.3. The van der Waals surface area contributed by atoms with Gasteiger partial charge in [0.05, 0.1) is 0 Å². The Bertz CT molecular complexity index is 23.0. The molecular formula is C4H9IN-. The van der Waals surface area contributed by atoms with Crippen molar-refractivity contribution < 1.29 is 21.5 Å². The second-order valence-electron chi connectivity index (χ2n) is 1.41. The molecule has 0 aromatic rings. The van der Waals surface area contributed by atoms with Gasteiger partial charge in [0.25, 0.3) is 0 Å². The first kappa shape index (κ1) is 4.84. The van der Waals surface area contributed by atoms with Gasteiger partial charge in [0.1, 0.15) is 0 Å². The first-order chi connectivity index (χ1) is 3.00. The van der Waals surface area contributed by atoms with Crippen molar-refractivity contribution in [1.82, 2.24) is 3.53 Å². The van der Waals surface area contributed by atoms with Crippen LogP contribution in [0.1, 0.15) is 12.8 Å². The van der Waals surface area contributed by atoms with Crippen LogP contribution in [0.25, 0.3) is 0 Å². The molecule has 1 fully saturated rings. The van der Waals surface area contributed by atoms with E-state index in [1.165, 1.54) is 23.8 Å². The van der Waals surface area contributed by atoms with Gasteiger partial charge in [0.2, 0.25) is 0 Å². The van der Waals surface area contributed by atoms with E-state index in [1.807, 2.05) is 0 Å². The monoisotopic (exact) mass is 198 g/mol. The number of alkyl halides is 1. The summed E-state index contributed by atoms with van der Waals surface area (Å²) in [6, 6.07) is 0. The zero-order valence-electron chi connectivity index (χ0n) is 3.71. The summed E-state index contributed by atoms with van der Waals surface area (Å²) in [6.07, 6.45) is 2.90. The molecule has 0 bridgehead atoms. The zero-order chi connectivity index (χ0) is 4.24. The third-order valence-corrected chi connectivity index (χ3v) is 3.22. The van der Waals surface area contributed by atoms with Crippen LogP contribution in [0.5, 0.6) is 0 Å². The molecule has 1 aliphatic rings. The standard InChI is InChI=1S/C4H9IN/c1-2-4-6-5-3-1/h6H,1-4H2/q-1. The van der Waals surface area contributed by atoms with E-state index in [-0.39, 0.29) is 0 Å². The fraction of sp³-hybridized carbons (Fsp3) is 1.00. The Balaban J connectivity index is 2.00. The van der Waals surface area contributed by atoms with Gasteiger partial charge in [0, 0.05) is 0 Å². The Morgan fingerprint density at radius 3 is 2.50 bits per heavy atom. The van der Waals surface area contributed by atoms with Crippen molar-refractivity contribution in [3.05, 3.63) is 0 Å². The van der Waals surface area contributed by atoms with Crippen LogP contribution < -0.4 is 25.0 Å². The molecule has 0 spiro atoms. The van der Waals surface area contributed by atoms with E-state index in [9.17, 15) is 0 Å². The van der Waals surface area contributed by atoms with Gasteiger partial charge >= 0.3 is 48.8 Å². The SMILES string of the molecule is C1CC[I-]NC1. The molecule has 0 radical (unpaired) electrons. The van der Waals surface area contributed by atoms with Gasteiger partial charge in [-0.25, -0.2) is 0 Å². The number of hydrogen-bond donors (Lipinski definition) is 1. The summed E-state index contributed by atoms with van der Waals surface area (Å²) in [4.78, 5) is 0. The number of hydrogen-bond acceptors (Lipinski definition) is 1. The average molecular weight is 198 g/mol. The van der Waals surface area contributed by atoms with E-state index in [1.54, 1.807) is 0 Å². The van der Waals surface area contributed by atoms with E-state index in [0.717, 1.165) is 0 Å². The first-order valence-electron chi connectivity index (χ1n) is 2.31. The molecule has 1 saturated heterocycles. The fourth-order valence-corrected chi connectivity index (χ4v) is 2.55. The van der Waals surface area contributed by atoms with E-state index in [0.29, 0.717) is 21.5 Å². The molecule has 0 aromatic carbocycles. The third-order valence-electron chi connectivity index (χ3n) is 0.844. The molecule has 0 saturated carbocycles. The Morgan fingerprint density at radius 1 is 1.33 bits per heavy atom. The minimum absolute atomic E-state index is 0.465. The molecule has 1 nitrogen and oxygen atoms in total. The molecule has 1 heterocycles. The Labute approximate surface area is 49.1 Å². The van der Waals surface area contributed by atoms with Gasteiger partial charge < -0.3 is 0 Å². The summed E-state index contributed by atoms with van der Waals surface area (Å²) in [6.45, 7) is 1.30. The molecular weight excluding hydrogens is 189 g/mol. The molecule has 0 aliphatic carbocycles. The summed E-state index contributed by atoms with van der Waals surface area (Å²) in [5, 5.41) is 0. The van der Waals surface area contributed by atoms with Gasteiger partial charge in [0.15, 0.2) is 0 Å². The van der Waals surface area contributed by atoms with Gasteiger partial charge in [-0.3, -0.25) is 0 Å². The van der Waals surface area contributed by atoms with Gasteiger partial charge in [-0.05, 0) is 0 Å². The van der Waals surface area contributed by atoms with Crippen LogP contribution in [0.2, 0.25) is 0 Å². The summed E-state index contributed by atoms with van der Waals surface area (Å²) >= 11 is 0.465. The van der Waals surface area contributed by atoms with Crippen molar-refractivity contribution in [1.29, 1.82) is 0 Å². The van der Waals surface area contributed by atoms with E-state index < -0.39 is 0 Å². The second-order valence-corrected chi connectivity index (χ2v) is 4.02. The second kappa shape index (κ2) is 2.80.